The fourth-order valence-corrected chi connectivity index (χ4v) is 5.66. The van der Waals surface area contributed by atoms with Crippen LogP contribution in [0.3, 0.4) is 0 Å². The summed E-state index contributed by atoms with van der Waals surface area (Å²) >= 11 is 7.57. The SMILES string of the molecule is C[C@H]1CCN(CCOc2ccc(Oc3c(C(=O)c4ccccc4Cl)sc4cc(O)ccc34)cc2)C1. The van der Waals surface area contributed by atoms with Gasteiger partial charge in [0.1, 0.15) is 28.7 Å². The van der Waals surface area contributed by atoms with E-state index in [0.29, 0.717) is 33.6 Å². The quantitative estimate of drug-likeness (QED) is 0.260. The molecular weight excluding hydrogens is 482 g/mol. The van der Waals surface area contributed by atoms with Crippen molar-refractivity contribution in [1.29, 1.82) is 0 Å². The summed E-state index contributed by atoms with van der Waals surface area (Å²) in [6.07, 6.45) is 1.25. The van der Waals surface area contributed by atoms with Crippen LogP contribution in [0, 0.1) is 5.92 Å². The van der Waals surface area contributed by atoms with Gasteiger partial charge in [-0.3, -0.25) is 9.69 Å². The number of ether oxygens (including phenoxy) is 2. The van der Waals surface area contributed by atoms with Crippen LogP contribution in [0.1, 0.15) is 28.6 Å². The molecule has 0 aliphatic carbocycles. The molecule has 4 aromatic rings. The Morgan fingerprint density at radius 3 is 2.63 bits per heavy atom. The van der Waals surface area contributed by atoms with Crippen molar-refractivity contribution in [1.82, 2.24) is 4.90 Å². The van der Waals surface area contributed by atoms with Gasteiger partial charge in [-0.2, -0.15) is 0 Å². The van der Waals surface area contributed by atoms with Crippen molar-refractivity contribution in [3.8, 4) is 23.0 Å². The van der Waals surface area contributed by atoms with E-state index in [2.05, 4.69) is 11.8 Å². The molecule has 1 aliphatic rings. The average molecular weight is 508 g/mol. The first-order valence-corrected chi connectivity index (χ1v) is 12.8. The lowest BCUT2D eigenvalue weighted by atomic mass is 10.1. The first-order chi connectivity index (χ1) is 17.0. The minimum atomic E-state index is -0.220. The van der Waals surface area contributed by atoms with E-state index in [0.717, 1.165) is 41.4 Å². The minimum Gasteiger partial charge on any atom is -0.508 e. The Morgan fingerprint density at radius 1 is 1.11 bits per heavy atom. The van der Waals surface area contributed by atoms with Crippen LogP contribution in [0.15, 0.2) is 66.7 Å². The van der Waals surface area contributed by atoms with Crippen molar-refractivity contribution in [2.45, 2.75) is 13.3 Å². The highest BCUT2D eigenvalue weighted by Gasteiger charge is 2.24. The lowest BCUT2D eigenvalue weighted by Crippen LogP contribution is -2.25. The van der Waals surface area contributed by atoms with Crippen LogP contribution < -0.4 is 9.47 Å². The van der Waals surface area contributed by atoms with Crippen LogP contribution in [0.2, 0.25) is 5.02 Å². The van der Waals surface area contributed by atoms with Gasteiger partial charge in [-0.05, 0) is 73.5 Å². The third kappa shape index (κ3) is 5.30. The number of thiophene rings is 1. The third-order valence-electron chi connectivity index (χ3n) is 6.18. The molecule has 0 radical (unpaired) electrons. The number of halogens is 1. The second-order valence-electron chi connectivity index (χ2n) is 8.87. The van der Waals surface area contributed by atoms with Gasteiger partial charge >= 0.3 is 0 Å². The zero-order chi connectivity index (χ0) is 24.4. The summed E-state index contributed by atoms with van der Waals surface area (Å²) in [5.74, 6) is 2.49. The number of phenolic OH excluding ortho intramolecular Hbond substituents is 1. The normalized spacial score (nSPS) is 16.0. The minimum absolute atomic E-state index is 0.131. The van der Waals surface area contributed by atoms with Crippen molar-refractivity contribution in [2.24, 2.45) is 5.92 Å². The van der Waals surface area contributed by atoms with E-state index in [1.54, 1.807) is 42.5 Å². The lowest BCUT2D eigenvalue weighted by molar-refractivity contribution is 0.104. The molecule has 1 aromatic heterocycles. The predicted octanol–water partition coefficient (Wildman–Crippen LogP) is 7.00. The summed E-state index contributed by atoms with van der Waals surface area (Å²) < 4.78 is 12.9. The Kier molecular flexibility index (Phi) is 6.95. The zero-order valence-corrected chi connectivity index (χ0v) is 20.9. The zero-order valence-electron chi connectivity index (χ0n) is 19.4. The van der Waals surface area contributed by atoms with E-state index < -0.39 is 0 Å². The number of ketones is 1. The van der Waals surface area contributed by atoms with Gasteiger partial charge in [-0.1, -0.05) is 30.7 Å². The summed E-state index contributed by atoms with van der Waals surface area (Å²) in [4.78, 5) is 16.3. The molecule has 0 saturated carbocycles. The number of nitrogens with zero attached hydrogens (tertiary/aromatic N) is 1. The molecule has 1 N–H and O–H groups in total. The number of hydrogen-bond acceptors (Lipinski definition) is 6. The number of aromatic hydroxyl groups is 1. The number of carbonyl (C=O) groups is 1. The maximum atomic E-state index is 13.4. The Morgan fingerprint density at radius 2 is 1.89 bits per heavy atom. The standard InChI is InChI=1S/C28H26ClNO4S/c1-18-12-13-30(17-18)14-15-33-20-7-9-21(10-8-20)34-27-23-11-6-19(31)16-25(23)35-28(27)26(32)22-4-2-3-5-24(22)29/h2-11,16,18,31H,12-15,17H2,1H3/t18-/m0/s1. The molecule has 1 saturated heterocycles. The van der Waals surface area contributed by atoms with Gasteiger partial charge in [-0.25, -0.2) is 0 Å². The Bertz CT molecular complexity index is 1350. The Labute approximate surface area is 213 Å². The van der Waals surface area contributed by atoms with Gasteiger partial charge in [-0.15, -0.1) is 11.3 Å². The molecule has 3 aromatic carbocycles. The van der Waals surface area contributed by atoms with E-state index in [4.69, 9.17) is 21.1 Å². The van der Waals surface area contributed by atoms with Crippen LogP contribution in [-0.4, -0.2) is 42.0 Å². The van der Waals surface area contributed by atoms with Gasteiger partial charge in [0, 0.05) is 28.7 Å². The van der Waals surface area contributed by atoms with E-state index >= 15 is 0 Å². The van der Waals surface area contributed by atoms with Crippen LogP contribution in [0.25, 0.3) is 10.1 Å². The molecule has 5 rings (SSSR count). The third-order valence-corrected chi connectivity index (χ3v) is 7.64. The number of benzene rings is 3. The number of carbonyl (C=O) groups excluding carboxylic acids is 1. The second-order valence-corrected chi connectivity index (χ2v) is 10.3. The van der Waals surface area contributed by atoms with E-state index in [-0.39, 0.29) is 11.5 Å². The van der Waals surface area contributed by atoms with Crippen LogP contribution >= 0.6 is 22.9 Å². The molecule has 5 nitrogen and oxygen atoms in total. The average Bonchev–Trinajstić information content (AvgIpc) is 3.43. The van der Waals surface area contributed by atoms with Crippen molar-refractivity contribution in [3.63, 3.8) is 0 Å². The Balaban J connectivity index is 1.36. The van der Waals surface area contributed by atoms with Crippen molar-refractivity contribution < 1.29 is 19.4 Å². The molecular formula is C28H26ClNO4S. The first kappa shape index (κ1) is 23.7. The molecule has 7 heteroatoms. The maximum Gasteiger partial charge on any atom is 0.208 e. The largest absolute Gasteiger partial charge is 0.508 e. The topological polar surface area (TPSA) is 59.0 Å². The number of rotatable bonds is 8. The van der Waals surface area contributed by atoms with Gasteiger partial charge < -0.3 is 14.6 Å². The molecule has 180 valence electrons. The molecule has 0 spiro atoms. The number of phenols is 1. The van der Waals surface area contributed by atoms with Crippen LogP contribution in [0.4, 0.5) is 0 Å². The second kappa shape index (κ2) is 10.3. The van der Waals surface area contributed by atoms with E-state index in [1.807, 2.05) is 24.3 Å². The molecule has 1 fully saturated rings. The fraction of sp³-hybridized carbons (Fsp3) is 0.250. The highest BCUT2D eigenvalue weighted by atomic mass is 35.5. The highest BCUT2D eigenvalue weighted by molar-refractivity contribution is 7.21. The molecule has 0 bridgehead atoms. The molecule has 0 unspecified atom stereocenters. The molecule has 1 aliphatic heterocycles. The monoisotopic (exact) mass is 507 g/mol. The Hall–Kier alpha value is -3.06. The summed E-state index contributed by atoms with van der Waals surface area (Å²) in [6, 6.07) is 19.4. The molecule has 0 amide bonds. The molecule has 2 heterocycles. The smallest absolute Gasteiger partial charge is 0.208 e. The summed E-state index contributed by atoms with van der Waals surface area (Å²) in [7, 11) is 0. The van der Waals surface area contributed by atoms with Gasteiger partial charge in [0.2, 0.25) is 5.78 Å². The van der Waals surface area contributed by atoms with E-state index in [1.165, 1.54) is 17.8 Å². The molecule has 35 heavy (non-hydrogen) atoms. The van der Waals surface area contributed by atoms with Crippen LogP contribution in [-0.2, 0) is 0 Å². The fourth-order valence-electron chi connectivity index (χ4n) is 4.32. The lowest BCUT2D eigenvalue weighted by Gasteiger charge is -2.15. The predicted molar refractivity (Wildman–Crippen MR) is 141 cm³/mol. The van der Waals surface area contributed by atoms with Crippen molar-refractivity contribution >= 4 is 38.8 Å². The van der Waals surface area contributed by atoms with Crippen molar-refractivity contribution in [2.75, 3.05) is 26.2 Å². The maximum absolute atomic E-state index is 13.4. The summed E-state index contributed by atoms with van der Waals surface area (Å²) in [6.45, 7) is 6.12. The molecule has 1 atom stereocenters. The van der Waals surface area contributed by atoms with Gasteiger partial charge in [0.25, 0.3) is 0 Å². The van der Waals surface area contributed by atoms with E-state index in [9.17, 15) is 9.90 Å². The van der Waals surface area contributed by atoms with Gasteiger partial charge in [0.05, 0.1) is 5.02 Å². The number of likely N-dealkylation sites (tertiary alicyclic amines) is 1. The summed E-state index contributed by atoms with van der Waals surface area (Å²) in [5.41, 5.74) is 0.408. The number of hydrogen-bond donors (Lipinski definition) is 1. The van der Waals surface area contributed by atoms with Gasteiger partial charge in [0.15, 0.2) is 5.75 Å². The first-order valence-electron chi connectivity index (χ1n) is 11.7. The van der Waals surface area contributed by atoms with Crippen molar-refractivity contribution in [3.05, 3.63) is 82.2 Å². The highest BCUT2D eigenvalue weighted by Crippen LogP contribution is 2.43. The number of fused-ring (bicyclic) bond motifs is 1. The van der Waals surface area contributed by atoms with Crippen LogP contribution in [0.5, 0.6) is 23.0 Å². The summed E-state index contributed by atoms with van der Waals surface area (Å²) in [5, 5.41) is 11.1.